The minimum atomic E-state index is -5.42. The van der Waals surface area contributed by atoms with Gasteiger partial charge in [-0.1, -0.05) is 6.92 Å². The van der Waals surface area contributed by atoms with Crippen molar-refractivity contribution in [2.75, 3.05) is 6.54 Å². The monoisotopic (exact) mass is 403 g/mol. The third kappa shape index (κ3) is 3.14. The van der Waals surface area contributed by atoms with Crippen molar-refractivity contribution >= 4 is 27.1 Å². The maximum atomic E-state index is 12.8. The van der Waals surface area contributed by atoms with Crippen LogP contribution in [0.3, 0.4) is 0 Å². The molecule has 4 nitrogen and oxygen atoms in total. The van der Waals surface area contributed by atoms with Crippen LogP contribution in [0.15, 0.2) is 40.6 Å². The lowest BCUT2D eigenvalue weighted by Gasteiger charge is -2.35. The van der Waals surface area contributed by atoms with E-state index < -0.39 is 20.2 Å². The van der Waals surface area contributed by atoms with Crippen LogP contribution < -0.4 is 0 Å². The van der Waals surface area contributed by atoms with Crippen molar-refractivity contribution in [3.63, 3.8) is 0 Å². The van der Waals surface area contributed by atoms with Crippen molar-refractivity contribution in [3.8, 4) is 0 Å². The van der Waals surface area contributed by atoms with Gasteiger partial charge in [0.1, 0.15) is 0 Å². The fourth-order valence-corrected chi connectivity index (χ4v) is 4.85. The third-order valence-corrected chi connectivity index (χ3v) is 6.96. The number of carbonyl (C=O) groups is 1. The van der Waals surface area contributed by atoms with Gasteiger partial charge in [0.25, 0.3) is 15.7 Å². The van der Waals surface area contributed by atoms with Crippen LogP contribution in [0.5, 0.6) is 0 Å². The van der Waals surface area contributed by atoms with Crippen LogP contribution in [0.25, 0.3) is 0 Å². The van der Waals surface area contributed by atoms with Gasteiger partial charge in [-0.25, -0.2) is 8.42 Å². The molecule has 1 unspecified atom stereocenters. The van der Waals surface area contributed by atoms with Gasteiger partial charge in [-0.15, -0.1) is 11.3 Å². The molecule has 9 heteroatoms. The Labute approximate surface area is 153 Å². The molecule has 0 N–H and O–H groups in total. The minimum absolute atomic E-state index is 0.0870. The number of halogens is 3. The Morgan fingerprint density at radius 2 is 1.88 bits per heavy atom. The molecule has 0 fully saturated rings. The van der Waals surface area contributed by atoms with E-state index in [2.05, 4.69) is 0 Å². The molecule has 0 saturated heterocycles. The number of hydrogen-bond acceptors (Lipinski definition) is 4. The van der Waals surface area contributed by atoms with Crippen LogP contribution in [-0.4, -0.2) is 31.3 Å². The van der Waals surface area contributed by atoms with Gasteiger partial charge < -0.3 is 4.90 Å². The second-order valence-corrected chi connectivity index (χ2v) is 8.89. The minimum Gasteiger partial charge on any atom is -0.331 e. The highest BCUT2D eigenvalue weighted by Crippen LogP contribution is 2.36. The summed E-state index contributed by atoms with van der Waals surface area (Å²) in [5, 5.41) is 1.98. The SMILES string of the molecule is CCC1c2ccsc2CCN1C(=O)c1ccc(S(=O)(=O)C(F)(F)F)cc1. The topological polar surface area (TPSA) is 54.5 Å². The number of carbonyl (C=O) groups excluding carboxylic acids is 1. The van der Waals surface area contributed by atoms with E-state index in [1.54, 1.807) is 16.2 Å². The summed E-state index contributed by atoms with van der Waals surface area (Å²) < 4.78 is 60.7. The van der Waals surface area contributed by atoms with E-state index in [1.165, 1.54) is 4.88 Å². The number of sulfone groups is 1. The molecule has 140 valence electrons. The average molecular weight is 403 g/mol. The standard InChI is InChI=1S/C17H16F3NO3S2/c1-2-14-13-8-10-25-15(13)7-9-21(14)16(22)11-3-5-12(6-4-11)26(23,24)17(18,19)20/h3-6,8,10,14H,2,7,9H2,1H3. The molecular formula is C17H16F3NO3S2. The number of amides is 1. The normalized spacial score (nSPS) is 17.8. The molecular weight excluding hydrogens is 387 g/mol. The van der Waals surface area contributed by atoms with Crippen molar-refractivity contribution in [2.45, 2.75) is 36.2 Å². The lowest BCUT2D eigenvalue weighted by Crippen LogP contribution is -2.39. The van der Waals surface area contributed by atoms with Crippen molar-refractivity contribution in [2.24, 2.45) is 0 Å². The zero-order valence-corrected chi connectivity index (χ0v) is 15.4. The van der Waals surface area contributed by atoms with E-state index >= 15 is 0 Å². The van der Waals surface area contributed by atoms with Gasteiger partial charge >= 0.3 is 5.51 Å². The van der Waals surface area contributed by atoms with Crippen molar-refractivity contribution in [1.82, 2.24) is 4.90 Å². The summed E-state index contributed by atoms with van der Waals surface area (Å²) in [4.78, 5) is 14.9. The summed E-state index contributed by atoms with van der Waals surface area (Å²) in [6.07, 6.45) is 1.45. The molecule has 2 heterocycles. The Kier molecular flexibility index (Phi) is 4.87. The highest BCUT2D eigenvalue weighted by Gasteiger charge is 2.46. The van der Waals surface area contributed by atoms with Gasteiger partial charge in [0, 0.05) is 17.0 Å². The Morgan fingerprint density at radius 3 is 2.46 bits per heavy atom. The molecule has 0 spiro atoms. The average Bonchev–Trinajstić information content (AvgIpc) is 3.08. The van der Waals surface area contributed by atoms with Crippen molar-refractivity contribution in [3.05, 3.63) is 51.7 Å². The number of rotatable bonds is 3. The van der Waals surface area contributed by atoms with Crippen LogP contribution in [0.4, 0.5) is 13.2 Å². The summed E-state index contributed by atoms with van der Waals surface area (Å²) in [7, 11) is -5.42. The first kappa shape index (κ1) is 18.9. The van der Waals surface area contributed by atoms with Crippen LogP contribution >= 0.6 is 11.3 Å². The Morgan fingerprint density at radius 1 is 1.23 bits per heavy atom. The molecule has 1 aliphatic rings. The predicted molar refractivity (Wildman–Crippen MR) is 91.8 cm³/mol. The molecule has 26 heavy (non-hydrogen) atoms. The van der Waals surface area contributed by atoms with Crippen LogP contribution in [0, 0.1) is 0 Å². The lowest BCUT2D eigenvalue weighted by molar-refractivity contribution is -0.0436. The van der Waals surface area contributed by atoms with Crippen LogP contribution in [-0.2, 0) is 16.3 Å². The fraction of sp³-hybridized carbons (Fsp3) is 0.353. The lowest BCUT2D eigenvalue weighted by atomic mass is 9.97. The number of nitrogens with zero attached hydrogens (tertiary/aromatic N) is 1. The molecule has 1 aromatic carbocycles. The third-order valence-electron chi connectivity index (χ3n) is 4.46. The molecule has 0 bridgehead atoms. The molecule has 0 radical (unpaired) electrons. The predicted octanol–water partition coefficient (Wildman–Crippen LogP) is 4.19. The second kappa shape index (κ2) is 6.70. The van der Waals surface area contributed by atoms with Crippen LogP contribution in [0.2, 0.25) is 0 Å². The van der Waals surface area contributed by atoms with E-state index in [1.807, 2.05) is 18.4 Å². The summed E-state index contributed by atoms with van der Waals surface area (Å²) in [6, 6.07) is 5.84. The number of benzene rings is 1. The van der Waals surface area contributed by atoms with Gasteiger partial charge in [0.05, 0.1) is 10.9 Å². The fourth-order valence-electron chi connectivity index (χ4n) is 3.16. The highest BCUT2D eigenvalue weighted by molar-refractivity contribution is 7.92. The maximum Gasteiger partial charge on any atom is 0.501 e. The van der Waals surface area contributed by atoms with Crippen LogP contribution in [0.1, 0.15) is 40.2 Å². The summed E-state index contributed by atoms with van der Waals surface area (Å²) in [5.74, 6) is -0.315. The van der Waals surface area contributed by atoms with Crippen molar-refractivity contribution in [1.29, 1.82) is 0 Å². The molecule has 1 aliphatic heterocycles. The number of alkyl halides is 3. The zero-order chi connectivity index (χ0) is 19.1. The Balaban J connectivity index is 1.87. The molecule has 3 rings (SSSR count). The first-order valence-electron chi connectivity index (χ1n) is 7.95. The quantitative estimate of drug-likeness (QED) is 0.772. The van der Waals surface area contributed by atoms with E-state index in [0.717, 1.165) is 42.7 Å². The van der Waals surface area contributed by atoms with E-state index in [-0.39, 0.29) is 17.5 Å². The molecule has 0 aliphatic carbocycles. The highest BCUT2D eigenvalue weighted by atomic mass is 32.2. The molecule has 2 aromatic rings. The van der Waals surface area contributed by atoms with E-state index in [9.17, 15) is 26.4 Å². The number of hydrogen-bond donors (Lipinski definition) is 0. The van der Waals surface area contributed by atoms with Gasteiger partial charge in [-0.3, -0.25) is 4.79 Å². The molecule has 1 aromatic heterocycles. The Bertz CT molecular complexity index is 917. The van der Waals surface area contributed by atoms with Gasteiger partial charge in [0.2, 0.25) is 0 Å². The first-order chi connectivity index (χ1) is 12.2. The zero-order valence-electron chi connectivity index (χ0n) is 13.8. The van der Waals surface area contributed by atoms with E-state index in [0.29, 0.717) is 6.54 Å². The molecule has 0 saturated carbocycles. The van der Waals surface area contributed by atoms with Crippen molar-refractivity contribution < 1.29 is 26.4 Å². The largest absolute Gasteiger partial charge is 0.501 e. The maximum absolute atomic E-state index is 12.8. The molecule has 1 amide bonds. The smallest absolute Gasteiger partial charge is 0.331 e. The summed E-state index contributed by atoms with van der Waals surface area (Å²) >= 11 is 1.65. The number of thiophene rings is 1. The second-order valence-electron chi connectivity index (χ2n) is 5.95. The summed E-state index contributed by atoms with van der Waals surface area (Å²) in [6.45, 7) is 2.49. The summed E-state index contributed by atoms with van der Waals surface area (Å²) in [5.41, 5.74) is -4.09. The van der Waals surface area contributed by atoms with Gasteiger partial charge in [0.15, 0.2) is 0 Å². The van der Waals surface area contributed by atoms with Gasteiger partial charge in [-0.2, -0.15) is 13.2 Å². The number of fused-ring (bicyclic) bond motifs is 1. The van der Waals surface area contributed by atoms with E-state index in [4.69, 9.17) is 0 Å². The Hall–Kier alpha value is -1.87. The first-order valence-corrected chi connectivity index (χ1v) is 10.3. The van der Waals surface area contributed by atoms with Gasteiger partial charge in [-0.05, 0) is 54.1 Å². The molecule has 1 atom stereocenters.